The van der Waals surface area contributed by atoms with Gasteiger partial charge in [0.2, 0.25) is 0 Å². The second kappa shape index (κ2) is 8.51. The van der Waals surface area contributed by atoms with Gasteiger partial charge in [-0.1, -0.05) is 6.92 Å². The molecule has 0 spiro atoms. The molecule has 3 nitrogen and oxygen atoms in total. The molecule has 0 aliphatic rings. The van der Waals surface area contributed by atoms with Gasteiger partial charge in [0.15, 0.2) is 0 Å². The van der Waals surface area contributed by atoms with E-state index in [0.717, 1.165) is 19.4 Å². The Bertz CT molecular complexity index is 131. The number of rotatable bonds is 7. The molecule has 0 aromatic rings. The zero-order chi connectivity index (χ0) is 9.23. The second-order valence-electron chi connectivity index (χ2n) is 2.61. The smallest absolute Gasteiger partial charge is 0.0702 e. The molecule has 0 amide bonds. The minimum Gasteiger partial charge on any atom is -0.385 e. The summed E-state index contributed by atoms with van der Waals surface area (Å²) in [5.41, 5.74) is 0. The van der Waals surface area contributed by atoms with E-state index in [2.05, 4.69) is 6.07 Å². The fraction of sp³-hybridized carbons (Fsp3) is 0.889. The van der Waals surface area contributed by atoms with Gasteiger partial charge in [0.25, 0.3) is 0 Å². The maximum atomic E-state index is 8.42. The van der Waals surface area contributed by atoms with Crippen LogP contribution in [0.5, 0.6) is 0 Å². The Kier molecular flexibility index (Phi) is 8.09. The van der Waals surface area contributed by atoms with Crippen LogP contribution >= 0.6 is 0 Å². The Morgan fingerprint density at radius 1 is 1.42 bits per heavy atom. The zero-order valence-electron chi connectivity index (χ0n) is 7.88. The maximum Gasteiger partial charge on any atom is 0.0702 e. The Hall–Kier alpha value is -0.590. The fourth-order valence-electron chi connectivity index (χ4n) is 0.876. The quantitative estimate of drug-likeness (QED) is 0.548. The Morgan fingerprint density at radius 2 is 2.17 bits per heavy atom. The van der Waals surface area contributed by atoms with E-state index in [0.29, 0.717) is 13.0 Å². The monoisotopic (exact) mass is 171 g/mol. The molecule has 0 saturated carbocycles. The molecule has 0 heterocycles. The van der Waals surface area contributed by atoms with Crippen molar-refractivity contribution in [2.24, 2.45) is 0 Å². The fourth-order valence-corrected chi connectivity index (χ4v) is 0.876. The van der Waals surface area contributed by atoms with Gasteiger partial charge in [0.1, 0.15) is 0 Å². The number of nitrogens with zero attached hydrogens (tertiary/aromatic N) is 1. The molecule has 12 heavy (non-hydrogen) atoms. The topological polar surface area (TPSA) is 42.2 Å². The lowest BCUT2D eigenvalue weighted by atomic mass is 10.2. The third kappa shape index (κ3) is 6.14. The Labute approximate surface area is 74.3 Å². The van der Waals surface area contributed by atoms with Crippen LogP contribution in [0.25, 0.3) is 0 Å². The van der Waals surface area contributed by atoms with Gasteiger partial charge < -0.3 is 9.47 Å². The summed E-state index contributed by atoms with van der Waals surface area (Å²) in [6.07, 6.45) is 2.40. The average Bonchev–Trinajstić information content (AvgIpc) is 2.10. The van der Waals surface area contributed by atoms with E-state index < -0.39 is 0 Å². The van der Waals surface area contributed by atoms with Gasteiger partial charge in [-0.2, -0.15) is 5.26 Å². The van der Waals surface area contributed by atoms with Gasteiger partial charge in [-0.05, 0) is 12.8 Å². The van der Waals surface area contributed by atoms with Crippen LogP contribution in [0.15, 0.2) is 0 Å². The first kappa shape index (κ1) is 11.4. The SMILES string of the molecule is CCC(CC#N)OCCCOC. The standard InChI is InChI=1S/C9H17NO2/c1-3-9(5-6-10)12-8-4-7-11-2/h9H,3-5,7-8H2,1-2H3. The predicted octanol–water partition coefficient (Wildman–Crippen LogP) is 1.73. The minimum atomic E-state index is 0.104. The van der Waals surface area contributed by atoms with Crippen LogP contribution in [0, 0.1) is 11.3 Å². The van der Waals surface area contributed by atoms with Crippen molar-refractivity contribution >= 4 is 0 Å². The van der Waals surface area contributed by atoms with Gasteiger partial charge in [-0.3, -0.25) is 0 Å². The van der Waals surface area contributed by atoms with Crippen molar-refractivity contribution in [1.82, 2.24) is 0 Å². The van der Waals surface area contributed by atoms with Crippen molar-refractivity contribution in [3.63, 3.8) is 0 Å². The van der Waals surface area contributed by atoms with Gasteiger partial charge in [-0.25, -0.2) is 0 Å². The lowest BCUT2D eigenvalue weighted by Crippen LogP contribution is -2.12. The molecular formula is C9H17NO2. The number of hydrogen-bond donors (Lipinski definition) is 0. The average molecular weight is 171 g/mol. The minimum absolute atomic E-state index is 0.104. The normalized spacial score (nSPS) is 12.4. The van der Waals surface area contributed by atoms with Crippen molar-refractivity contribution in [2.45, 2.75) is 32.3 Å². The first-order valence-corrected chi connectivity index (χ1v) is 4.32. The lowest BCUT2D eigenvalue weighted by molar-refractivity contribution is 0.0402. The molecule has 0 saturated heterocycles. The summed E-state index contributed by atoms with van der Waals surface area (Å²) >= 11 is 0. The molecule has 0 fully saturated rings. The van der Waals surface area contributed by atoms with E-state index in [1.807, 2.05) is 6.92 Å². The van der Waals surface area contributed by atoms with Gasteiger partial charge >= 0.3 is 0 Å². The van der Waals surface area contributed by atoms with Crippen LogP contribution in [0.2, 0.25) is 0 Å². The molecule has 0 aliphatic carbocycles. The number of nitriles is 1. The molecule has 3 heteroatoms. The van der Waals surface area contributed by atoms with Gasteiger partial charge in [0, 0.05) is 20.3 Å². The molecule has 1 unspecified atom stereocenters. The van der Waals surface area contributed by atoms with Gasteiger partial charge in [-0.15, -0.1) is 0 Å². The molecule has 0 aromatic heterocycles. The van der Waals surface area contributed by atoms with Crippen LogP contribution in [-0.2, 0) is 9.47 Å². The highest BCUT2D eigenvalue weighted by molar-refractivity contribution is 4.75. The first-order chi connectivity index (χ1) is 5.85. The first-order valence-electron chi connectivity index (χ1n) is 4.32. The predicted molar refractivity (Wildman–Crippen MR) is 46.8 cm³/mol. The molecule has 0 aliphatic heterocycles. The van der Waals surface area contributed by atoms with Crippen LogP contribution in [0.4, 0.5) is 0 Å². The molecule has 0 bridgehead atoms. The summed E-state index contributed by atoms with van der Waals surface area (Å²) in [5.74, 6) is 0. The molecule has 0 N–H and O–H groups in total. The summed E-state index contributed by atoms with van der Waals surface area (Å²) in [5, 5.41) is 8.42. The van der Waals surface area contributed by atoms with E-state index in [9.17, 15) is 0 Å². The largest absolute Gasteiger partial charge is 0.385 e. The summed E-state index contributed by atoms with van der Waals surface area (Å²) < 4.78 is 10.3. The summed E-state index contributed by atoms with van der Waals surface area (Å²) in [6.45, 7) is 3.44. The van der Waals surface area contributed by atoms with Crippen molar-refractivity contribution in [1.29, 1.82) is 5.26 Å². The van der Waals surface area contributed by atoms with E-state index in [-0.39, 0.29) is 6.10 Å². The van der Waals surface area contributed by atoms with Crippen molar-refractivity contribution in [3.8, 4) is 6.07 Å². The van der Waals surface area contributed by atoms with E-state index in [4.69, 9.17) is 14.7 Å². The van der Waals surface area contributed by atoms with E-state index >= 15 is 0 Å². The van der Waals surface area contributed by atoms with Crippen LogP contribution in [0.3, 0.4) is 0 Å². The summed E-state index contributed by atoms with van der Waals surface area (Å²) in [7, 11) is 1.67. The number of methoxy groups -OCH3 is 1. The molecule has 0 radical (unpaired) electrons. The van der Waals surface area contributed by atoms with Gasteiger partial charge in [0.05, 0.1) is 18.6 Å². The molecule has 0 aromatic carbocycles. The third-order valence-corrected chi connectivity index (χ3v) is 1.62. The highest BCUT2D eigenvalue weighted by atomic mass is 16.5. The summed E-state index contributed by atoms with van der Waals surface area (Å²) in [6, 6.07) is 2.10. The Balaban J connectivity index is 3.26. The Morgan fingerprint density at radius 3 is 2.67 bits per heavy atom. The lowest BCUT2D eigenvalue weighted by Gasteiger charge is -2.11. The van der Waals surface area contributed by atoms with Crippen LogP contribution < -0.4 is 0 Å². The molecular weight excluding hydrogens is 154 g/mol. The molecule has 70 valence electrons. The highest BCUT2D eigenvalue weighted by Gasteiger charge is 2.04. The van der Waals surface area contributed by atoms with Crippen LogP contribution in [-0.4, -0.2) is 26.4 Å². The van der Waals surface area contributed by atoms with E-state index in [1.165, 1.54) is 0 Å². The van der Waals surface area contributed by atoms with Crippen molar-refractivity contribution in [2.75, 3.05) is 20.3 Å². The summed E-state index contributed by atoms with van der Waals surface area (Å²) in [4.78, 5) is 0. The number of hydrogen-bond acceptors (Lipinski definition) is 3. The maximum absolute atomic E-state index is 8.42. The molecule has 1 atom stereocenters. The second-order valence-corrected chi connectivity index (χ2v) is 2.61. The van der Waals surface area contributed by atoms with E-state index in [1.54, 1.807) is 7.11 Å². The number of ether oxygens (including phenoxy) is 2. The highest BCUT2D eigenvalue weighted by Crippen LogP contribution is 2.02. The third-order valence-electron chi connectivity index (χ3n) is 1.62. The van der Waals surface area contributed by atoms with Crippen LogP contribution in [0.1, 0.15) is 26.2 Å². The zero-order valence-corrected chi connectivity index (χ0v) is 7.88. The molecule has 0 rings (SSSR count). The van der Waals surface area contributed by atoms with Crippen molar-refractivity contribution in [3.05, 3.63) is 0 Å². The van der Waals surface area contributed by atoms with Crippen molar-refractivity contribution < 1.29 is 9.47 Å².